The third-order valence-corrected chi connectivity index (χ3v) is 2.99. The Bertz CT molecular complexity index is 718. The molecule has 1 aromatic heterocycles. The molecule has 0 bridgehead atoms. The third-order valence-electron chi connectivity index (χ3n) is 2.99. The zero-order chi connectivity index (χ0) is 15.4. The van der Waals surface area contributed by atoms with Crippen molar-refractivity contribution in [2.24, 2.45) is 0 Å². The second kappa shape index (κ2) is 6.47. The van der Waals surface area contributed by atoms with Crippen molar-refractivity contribution >= 4 is 0 Å². The van der Waals surface area contributed by atoms with Crippen LogP contribution in [0.15, 0.2) is 40.1 Å². The molecule has 0 amide bonds. The molecule has 7 heteroatoms. The number of rotatable bonds is 5. The minimum absolute atomic E-state index is 0.0404. The van der Waals surface area contributed by atoms with Crippen LogP contribution in [0, 0.1) is 6.92 Å². The summed E-state index contributed by atoms with van der Waals surface area (Å²) in [5, 5.41) is 13.5. The molecule has 0 aliphatic rings. The number of aromatic nitrogens is 3. The van der Waals surface area contributed by atoms with E-state index < -0.39 is 17.4 Å². The summed E-state index contributed by atoms with van der Waals surface area (Å²) in [7, 11) is 1.43. The first-order chi connectivity index (χ1) is 10.0. The van der Waals surface area contributed by atoms with Gasteiger partial charge in [0.1, 0.15) is 6.20 Å². The minimum Gasteiger partial charge on any atom is -0.389 e. The lowest BCUT2D eigenvalue weighted by Crippen LogP contribution is -2.43. The topological polar surface area (TPSA) is 86.3 Å². The lowest BCUT2D eigenvalue weighted by molar-refractivity contribution is 0.0519. The van der Waals surface area contributed by atoms with Crippen LogP contribution in [-0.4, -0.2) is 39.3 Å². The summed E-state index contributed by atoms with van der Waals surface area (Å²) in [5.41, 5.74) is 0.455. The van der Waals surface area contributed by atoms with Gasteiger partial charge in [-0.3, -0.25) is 9.36 Å². The lowest BCUT2D eigenvalue weighted by Gasteiger charge is -2.12. The summed E-state index contributed by atoms with van der Waals surface area (Å²) < 4.78 is 6.86. The molecule has 1 heterocycles. The second-order valence-corrected chi connectivity index (χ2v) is 4.73. The highest BCUT2D eigenvalue weighted by molar-refractivity contribution is 5.32. The molecule has 0 saturated heterocycles. The van der Waals surface area contributed by atoms with E-state index in [2.05, 4.69) is 5.10 Å². The Kier molecular flexibility index (Phi) is 4.66. The fourth-order valence-electron chi connectivity index (χ4n) is 1.92. The standard InChI is InChI=1S/C14H17N3O4/c1-10-3-5-11(6-4-10)17-14(20)16(13(19)7-15-17)8-12(18)9-21-2/h3-7,12,18H,8-9H2,1-2H3. The first kappa shape index (κ1) is 15.1. The molecule has 0 aliphatic carbocycles. The molecule has 2 aromatic rings. The van der Waals surface area contributed by atoms with Crippen molar-refractivity contribution in [3.8, 4) is 5.69 Å². The molecule has 0 saturated carbocycles. The van der Waals surface area contributed by atoms with E-state index >= 15 is 0 Å². The first-order valence-corrected chi connectivity index (χ1v) is 6.46. The number of aliphatic hydroxyl groups is 1. The quantitative estimate of drug-likeness (QED) is 0.818. The van der Waals surface area contributed by atoms with Crippen molar-refractivity contribution in [1.82, 2.24) is 14.3 Å². The molecule has 0 aliphatic heterocycles. The van der Waals surface area contributed by atoms with Gasteiger partial charge < -0.3 is 9.84 Å². The number of benzene rings is 1. The Hall–Kier alpha value is -2.25. The average Bonchev–Trinajstić information content (AvgIpc) is 2.45. The first-order valence-electron chi connectivity index (χ1n) is 6.46. The number of ether oxygens (including phenoxy) is 1. The van der Waals surface area contributed by atoms with Crippen LogP contribution in [0.2, 0.25) is 0 Å². The molecule has 1 unspecified atom stereocenters. The Morgan fingerprint density at radius 3 is 2.57 bits per heavy atom. The zero-order valence-corrected chi connectivity index (χ0v) is 11.9. The van der Waals surface area contributed by atoms with E-state index in [0.717, 1.165) is 21.0 Å². The number of aliphatic hydroxyl groups excluding tert-OH is 1. The van der Waals surface area contributed by atoms with E-state index in [1.54, 1.807) is 12.1 Å². The van der Waals surface area contributed by atoms with Crippen LogP contribution in [0.1, 0.15) is 5.56 Å². The summed E-state index contributed by atoms with van der Waals surface area (Å²) in [6.07, 6.45) is 0.120. The lowest BCUT2D eigenvalue weighted by atomic mass is 10.2. The molecule has 0 spiro atoms. The van der Waals surface area contributed by atoms with Crippen LogP contribution in [-0.2, 0) is 11.3 Å². The highest BCUT2D eigenvalue weighted by atomic mass is 16.5. The van der Waals surface area contributed by atoms with Gasteiger partial charge in [-0.05, 0) is 19.1 Å². The summed E-state index contributed by atoms with van der Waals surface area (Å²) >= 11 is 0. The van der Waals surface area contributed by atoms with Gasteiger partial charge in [-0.2, -0.15) is 9.78 Å². The highest BCUT2D eigenvalue weighted by Crippen LogP contribution is 2.04. The van der Waals surface area contributed by atoms with Gasteiger partial charge in [0.25, 0.3) is 5.56 Å². The number of hydrogen-bond acceptors (Lipinski definition) is 5. The smallest absolute Gasteiger partial charge is 0.352 e. The van der Waals surface area contributed by atoms with E-state index in [1.165, 1.54) is 7.11 Å². The Labute approximate surface area is 121 Å². The number of nitrogens with zero attached hydrogens (tertiary/aromatic N) is 3. The molecule has 1 aromatic carbocycles. The van der Waals surface area contributed by atoms with Crippen LogP contribution < -0.4 is 11.2 Å². The highest BCUT2D eigenvalue weighted by Gasteiger charge is 2.12. The van der Waals surface area contributed by atoms with Crippen molar-refractivity contribution < 1.29 is 9.84 Å². The number of aryl methyl sites for hydroxylation is 1. The third kappa shape index (κ3) is 3.45. The Morgan fingerprint density at radius 2 is 1.95 bits per heavy atom. The van der Waals surface area contributed by atoms with E-state index in [0.29, 0.717) is 5.69 Å². The van der Waals surface area contributed by atoms with Gasteiger partial charge in [-0.15, -0.1) is 0 Å². The second-order valence-electron chi connectivity index (χ2n) is 4.73. The maximum absolute atomic E-state index is 12.3. The maximum atomic E-state index is 12.3. The van der Waals surface area contributed by atoms with Gasteiger partial charge in [0.2, 0.25) is 0 Å². The van der Waals surface area contributed by atoms with Crippen molar-refractivity contribution in [2.45, 2.75) is 19.6 Å². The molecule has 0 fully saturated rings. The van der Waals surface area contributed by atoms with Crippen molar-refractivity contribution in [1.29, 1.82) is 0 Å². The molecular formula is C14H17N3O4. The minimum atomic E-state index is -0.936. The van der Waals surface area contributed by atoms with E-state index in [9.17, 15) is 14.7 Å². The van der Waals surface area contributed by atoms with Crippen LogP contribution >= 0.6 is 0 Å². The molecule has 2 rings (SSSR count). The number of methoxy groups -OCH3 is 1. The largest absolute Gasteiger partial charge is 0.389 e. The van der Waals surface area contributed by atoms with Gasteiger partial charge in [-0.1, -0.05) is 17.7 Å². The van der Waals surface area contributed by atoms with Crippen LogP contribution in [0.25, 0.3) is 5.69 Å². The molecule has 21 heavy (non-hydrogen) atoms. The van der Waals surface area contributed by atoms with Crippen LogP contribution in [0.4, 0.5) is 0 Å². The zero-order valence-electron chi connectivity index (χ0n) is 11.9. The van der Waals surface area contributed by atoms with Crippen LogP contribution in [0.5, 0.6) is 0 Å². The molecule has 1 N–H and O–H groups in total. The van der Waals surface area contributed by atoms with Gasteiger partial charge in [0.05, 0.1) is 24.9 Å². The molecular weight excluding hydrogens is 274 g/mol. The predicted octanol–water partition coefficient (Wildman–Crippen LogP) is -0.290. The summed E-state index contributed by atoms with van der Waals surface area (Å²) in [6, 6.07) is 7.17. The number of hydrogen-bond donors (Lipinski definition) is 1. The molecule has 112 valence electrons. The molecule has 1 atom stereocenters. The normalized spacial score (nSPS) is 12.3. The van der Waals surface area contributed by atoms with Gasteiger partial charge >= 0.3 is 5.69 Å². The summed E-state index contributed by atoms with van der Waals surface area (Å²) in [6.45, 7) is 1.83. The SMILES string of the molecule is COCC(O)Cn1c(=O)cnn(-c2ccc(C)cc2)c1=O. The van der Waals surface area contributed by atoms with Gasteiger partial charge in [0, 0.05) is 7.11 Å². The monoisotopic (exact) mass is 291 g/mol. The molecule has 0 radical (unpaired) electrons. The molecule has 7 nitrogen and oxygen atoms in total. The summed E-state index contributed by atoms with van der Waals surface area (Å²) in [5.74, 6) is 0. The van der Waals surface area contributed by atoms with Gasteiger partial charge in [0.15, 0.2) is 0 Å². The average molecular weight is 291 g/mol. The van der Waals surface area contributed by atoms with E-state index in [-0.39, 0.29) is 13.2 Å². The Morgan fingerprint density at radius 1 is 1.29 bits per heavy atom. The fraction of sp³-hybridized carbons (Fsp3) is 0.357. The van der Waals surface area contributed by atoms with E-state index in [4.69, 9.17) is 4.74 Å². The predicted molar refractivity (Wildman–Crippen MR) is 76.7 cm³/mol. The van der Waals surface area contributed by atoms with Crippen molar-refractivity contribution in [3.63, 3.8) is 0 Å². The van der Waals surface area contributed by atoms with Crippen LogP contribution in [0.3, 0.4) is 0 Å². The fourth-order valence-corrected chi connectivity index (χ4v) is 1.92. The van der Waals surface area contributed by atoms with Crippen molar-refractivity contribution in [3.05, 3.63) is 56.9 Å². The maximum Gasteiger partial charge on any atom is 0.352 e. The van der Waals surface area contributed by atoms with E-state index in [1.807, 2.05) is 19.1 Å². The Balaban J connectivity index is 2.44. The summed E-state index contributed by atoms with van der Waals surface area (Å²) in [4.78, 5) is 24.1. The van der Waals surface area contributed by atoms with Gasteiger partial charge in [-0.25, -0.2) is 4.79 Å². The van der Waals surface area contributed by atoms with Crippen molar-refractivity contribution in [2.75, 3.05) is 13.7 Å².